The lowest BCUT2D eigenvalue weighted by atomic mass is 9.96. The van der Waals surface area contributed by atoms with Gasteiger partial charge in [0.05, 0.1) is 28.4 Å². The molecule has 0 saturated carbocycles. The Morgan fingerprint density at radius 3 is 2.75 bits per heavy atom. The minimum absolute atomic E-state index is 0.653. The van der Waals surface area contributed by atoms with Gasteiger partial charge in [-0.25, -0.2) is 14.4 Å². The van der Waals surface area contributed by atoms with Gasteiger partial charge in [0.2, 0.25) is 5.52 Å². The van der Waals surface area contributed by atoms with E-state index in [1.807, 2.05) is 24.4 Å². The van der Waals surface area contributed by atoms with E-state index in [1.54, 1.807) is 0 Å². The van der Waals surface area contributed by atoms with Gasteiger partial charge in [0, 0.05) is 23.0 Å². The van der Waals surface area contributed by atoms with Crippen LogP contribution in [0.1, 0.15) is 11.1 Å². The van der Waals surface area contributed by atoms with Crippen LogP contribution in [-0.4, -0.2) is 9.38 Å². The number of hydrogen-bond donors (Lipinski definition) is 0. The molecule has 0 aliphatic heterocycles. The Hall–Kier alpha value is -3.71. The van der Waals surface area contributed by atoms with Crippen LogP contribution in [0.15, 0.2) is 48.8 Å². The molecule has 4 nitrogen and oxygen atoms in total. The molecule has 0 saturated heterocycles. The molecule has 132 valence electrons. The second-order valence-electron chi connectivity index (χ2n) is 7.62. The summed E-state index contributed by atoms with van der Waals surface area (Å²) in [6.45, 7) is 12.0. The fourth-order valence-electron chi connectivity index (χ4n) is 4.76. The van der Waals surface area contributed by atoms with Crippen molar-refractivity contribution in [1.82, 2.24) is 9.38 Å². The number of aromatic nitrogens is 3. The van der Waals surface area contributed by atoms with E-state index in [-0.39, 0.29) is 0 Å². The number of fused-ring (bicyclic) bond motifs is 5. The molecule has 0 spiro atoms. The zero-order chi connectivity index (χ0) is 19.2. The van der Waals surface area contributed by atoms with E-state index in [1.165, 1.54) is 38.3 Å². The molecule has 0 fully saturated rings. The minimum Gasteiger partial charge on any atom is -0.293 e. The number of hydrogen-bond acceptors (Lipinski definition) is 1. The molecule has 6 rings (SSSR count). The summed E-state index contributed by atoms with van der Waals surface area (Å²) in [7, 11) is 2.10. The molecule has 6 aromatic rings. The van der Waals surface area contributed by atoms with Crippen molar-refractivity contribution in [3.63, 3.8) is 0 Å². The van der Waals surface area contributed by atoms with E-state index in [0.29, 0.717) is 5.69 Å². The molecule has 0 aliphatic rings. The number of rotatable bonds is 0. The van der Waals surface area contributed by atoms with Crippen LogP contribution in [0.25, 0.3) is 54.0 Å². The average Bonchev–Trinajstić information content (AvgIpc) is 3.04. The molecule has 28 heavy (non-hydrogen) atoms. The molecule has 4 heteroatoms. The van der Waals surface area contributed by atoms with Crippen LogP contribution in [0, 0.1) is 20.4 Å². The lowest BCUT2D eigenvalue weighted by Crippen LogP contribution is -2.29. The summed E-state index contributed by atoms with van der Waals surface area (Å²) in [6.07, 6.45) is 3.94. The highest BCUT2D eigenvalue weighted by Gasteiger charge is 2.25. The van der Waals surface area contributed by atoms with Crippen LogP contribution in [0.2, 0.25) is 0 Å². The first-order valence-corrected chi connectivity index (χ1v) is 9.34. The predicted molar refractivity (Wildman–Crippen MR) is 113 cm³/mol. The summed E-state index contributed by atoms with van der Waals surface area (Å²) in [6, 6.07) is 12.5. The third kappa shape index (κ3) is 1.65. The van der Waals surface area contributed by atoms with Crippen LogP contribution in [0.5, 0.6) is 0 Å². The average molecular weight is 361 g/mol. The second kappa shape index (κ2) is 4.96. The lowest BCUT2D eigenvalue weighted by Gasteiger charge is -2.14. The van der Waals surface area contributed by atoms with Gasteiger partial charge in [-0.1, -0.05) is 0 Å². The van der Waals surface area contributed by atoms with Gasteiger partial charge in [0.25, 0.3) is 0 Å². The van der Waals surface area contributed by atoms with Crippen molar-refractivity contribution in [2.24, 2.45) is 7.05 Å². The summed E-state index contributed by atoms with van der Waals surface area (Å²) in [4.78, 5) is 8.47. The van der Waals surface area contributed by atoms with Gasteiger partial charge >= 0.3 is 0 Å². The van der Waals surface area contributed by atoms with Crippen molar-refractivity contribution < 1.29 is 4.57 Å². The quantitative estimate of drug-likeness (QED) is 0.154. The van der Waals surface area contributed by atoms with Crippen LogP contribution in [0.3, 0.4) is 0 Å². The van der Waals surface area contributed by atoms with Gasteiger partial charge in [-0.05, 0) is 60.7 Å². The highest BCUT2D eigenvalue weighted by Crippen LogP contribution is 2.42. The molecule has 2 aromatic carbocycles. The third-order valence-electron chi connectivity index (χ3n) is 6.14. The molecule has 0 aliphatic carbocycles. The molecule has 0 bridgehead atoms. The molecular formula is C24H17N4+. The van der Waals surface area contributed by atoms with Gasteiger partial charge in [-0.2, -0.15) is 0 Å². The molecule has 4 aromatic heterocycles. The summed E-state index contributed by atoms with van der Waals surface area (Å²) in [5.74, 6) is 0. The van der Waals surface area contributed by atoms with Gasteiger partial charge in [-0.15, -0.1) is 0 Å². The summed E-state index contributed by atoms with van der Waals surface area (Å²) < 4.78 is 4.47. The molecule has 0 N–H and O–H groups in total. The first-order valence-electron chi connectivity index (χ1n) is 9.34. The Morgan fingerprint density at radius 2 is 1.93 bits per heavy atom. The van der Waals surface area contributed by atoms with Gasteiger partial charge in [0.15, 0.2) is 11.9 Å². The maximum absolute atomic E-state index is 7.58. The second-order valence-corrected chi connectivity index (χ2v) is 7.62. The smallest absolute Gasteiger partial charge is 0.224 e. The highest BCUT2D eigenvalue weighted by atomic mass is 15.0. The first kappa shape index (κ1) is 15.4. The topological polar surface area (TPSA) is 25.5 Å². The maximum atomic E-state index is 7.58. The van der Waals surface area contributed by atoms with Crippen molar-refractivity contribution >= 4 is 54.8 Å². The third-order valence-corrected chi connectivity index (χ3v) is 6.14. The van der Waals surface area contributed by atoms with Crippen LogP contribution >= 0.6 is 0 Å². The fourth-order valence-corrected chi connectivity index (χ4v) is 4.76. The fraction of sp³-hybridized carbons (Fsp3) is 0.125. The monoisotopic (exact) mass is 361 g/mol. The van der Waals surface area contributed by atoms with E-state index in [4.69, 9.17) is 11.6 Å². The maximum Gasteiger partial charge on any atom is 0.224 e. The molecule has 0 unspecified atom stereocenters. The molecule has 0 amide bonds. The number of aryl methyl sites for hydroxylation is 3. The Kier molecular flexibility index (Phi) is 2.72. The largest absolute Gasteiger partial charge is 0.293 e. The van der Waals surface area contributed by atoms with Crippen molar-refractivity contribution in [1.29, 1.82) is 0 Å². The zero-order valence-electron chi connectivity index (χ0n) is 15.9. The Labute approximate surface area is 161 Å². The van der Waals surface area contributed by atoms with Crippen LogP contribution in [0.4, 0.5) is 5.69 Å². The molecule has 4 heterocycles. The zero-order valence-corrected chi connectivity index (χ0v) is 15.9. The number of pyridine rings is 3. The number of nitrogens with zero attached hydrogens (tertiary/aromatic N) is 4. The van der Waals surface area contributed by atoms with Gasteiger partial charge < -0.3 is 0 Å². The SMILES string of the molecule is [C-]#[N+]c1cc2cc[n+](C)c3c4c(C)c(C)cc5c6cccnc6n(c(c1)c23)c54. The Balaban J connectivity index is 2.16. The Bertz CT molecular complexity index is 1650. The minimum atomic E-state index is 0.653. The van der Waals surface area contributed by atoms with Gasteiger partial charge in [0.1, 0.15) is 12.7 Å². The van der Waals surface area contributed by atoms with E-state index in [9.17, 15) is 0 Å². The van der Waals surface area contributed by atoms with Crippen LogP contribution in [-0.2, 0) is 7.05 Å². The number of benzene rings is 2. The first-order chi connectivity index (χ1) is 13.6. The normalized spacial score (nSPS) is 12.1. The standard InChI is InChI=1S/C24H17N4/c1-13-10-18-17-6-5-8-26-24(17)28-19-12-16(25-3)11-15-7-9-27(4)23(21(15)19)20(14(13)2)22(18)28/h5-12H,1-2,4H3/q+1. The van der Waals surface area contributed by atoms with Crippen molar-refractivity contribution in [2.45, 2.75) is 13.8 Å². The summed E-state index contributed by atoms with van der Waals surface area (Å²) in [5.41, 5.74) is 7.62. The van der Waals surface area contributed by atoms with E-state index in [2.05, 4.69) is 59.1 Å². The Morgan fingerprint density at radius 1 is 1.07 bits per heavy atom. The molecular weight excluding hydrogens is 344 g/mol. The summed E-state index contributed by atoms with van der Waals surface area (Å²) >= 11 is 0. The van der Waals surface area contributed by atoms with Crippen molar-refractivity contribution in [3.05, 3.63) is 71.3 Å². The van der Waals surface area contributed by atoms with E-state index >= 15 is 0 Å². The lowest BCUT2D eigenvalue weighted by molar-refractivity contribution is -0.643. The van der Waals surface area contributed by atoms with E-state index < -0.39 is 0 Å². The van der Waals surface area contributed by atoms with Gasteiger partial charge in [-0.3, -0.25) is 4.40 Å². The van der Waals surface area contributed by atoms with Crippen molar-refractivity contribution in [3.8, 4) is 0 Å². The predicted octanol–water partition coefficient (Wildman–Crippen LogP) is 5.38. The highest BCUT2D eigenvalue weighted by molar-refractivity contribution is 6.26. The molecule has 0 radical (unpaired) electrons. The summed E-state index contributed by atoms with van der Waals surface area (Å²) in [5, 5.41) is 5.91. The van der Waals surface area contributed by atoms with E-state index in [0.717, 1.165) is 21.9 Å². The van der Waals surface area contributed by atoms with Crippen LogP contribution < -0.4 is 4.57 Å². The molecule has 0 atom stereocenters. The van der Waals surface area contributed by atoms with Crippen molar-refractivity contribution in [2.75, 3.05) is 0 Å².